The average molecular weight is 126 g/mol. The quantitative estimate of drug-likeness (QED) is 0.585. The van der Waals surface area contributed by atoms with Gasteiger partial charge in [-0.15, -0.1) is 0 Å². The van der Waals surface area contributed by atoms with Crippen molar-refractivity contribution in [2.45, 2.75) is 20.8 Å². The van der Waals surface area contributed by atoms with E-state index in [1.54, 1.807) is 0 Å². The van der Waals surface area contributed by atoms with Crippen LogP contribution in [0.25, 0.3) is 0 Å². The zero-order chi connectivity index (χ0) is 7.44. The molecule has 0 amide bonds. The molecule has 0 rings (SSSR count). The topological polar surface area (TPSA) is 38.0 Å². The third-order valence-electron chi connectivity index (χ3n) is 0.992. The zero-order valence-electron chi connectivity index (χ0n) is 6.28. The first-order valence-corrected chi connectivity index (χ1v) is 2.89. The van der Waals surface area contributed by atoms with Gasteiger partial charge in [-0.05, 0) is 20.8 Å². The molecule has 0 aliphatic carbocycles. The van der Waals surface area contributed by atoms with Crippen LogP contribution >= 0.6 is 0 Å². The van der Waals surface area contributed by atoms with Crippen molar-refractivity contribution in [2.75, 3.05) is 0 Å². The van der Waals surface area contributed by atoms with Gasteiger partial charge >= 0.3 is 0 Å². The molecule has 9 heavy (non-hydrogen) atoms. The second-order valence-electron chi connectivity index (χ2n) is 2.21. The molecule has 3 N–H and O–H groups in total. The summed E-state index contributed by atoms with van der Waals surface area (Å²) in [5, 5.41) is 3.00. The van der Waals surface area contributed by atoms with Crippen LogP contribution in [0.4, 0.5) is 0 Å². The minimum Gasteiger partial charge on any atom is -0.401 e. The van der Waals surface area contributed by atoms with Gasteiger partial charge < -0.3 is 11.1 Å². The number of nitrogens with one attached hydrogen (secondary N) is 1. The summed E-state index contributed by atoms with van der Waals surface area (Å²) in [6.45, 7) is 9.35. The molecule has 0 aromatic rings. The molecular weight excluding hydrogens is 112 g/mol. The Balaban J connectivity index is 3.92. The second-order valence-corrected chi connectivity index (χ2v) is 2.21. The molecule has 2 nitrogen and oxygen atoms in total. The van der Waals surface area contributed by atoms with E-state index in [9.17, 15) is 0 Å². The van der Waals surface area contributed by atoms with Gasteiger partial charge in [-0.25, -0.2) is 0 Å². The molecule has 0 bridgehead atoms. The summed E-state index contributed by atoms with van der Waals surface area (Å²) >= 11 is 0. The SMILES string of the molecule is C=C(C)N/C(C)=C(/C)N. The van der Waals surface area contributed by atoms with Crippen molar-refractivity contribution in [3.63, 3.8) is 0 Å². The lowest BCUT2D eigenvalue weighted by molar-refractivity contribution is 0.939. The summed E-state index contributed by atoms with van der Waals surface area (Å²) in [5.74, 6) is 0. The lowest BCUT2D eigenvalue weighted by atomic mass is 10.3. The second kappa shape index (κ2) is 3.17. The first-order chi connectivity index (χ1) is 4.04. The zero-order valence-corrected chi connectivity index (χ0v) is 6.28. The number of hydrogen-bond acceptors (Lipinski definition) is 2. The van der Waals surface area contributed by atoms with E-state index in [2.05, 4.69) is 11.9 Å². The molecule has 0 spiro atoms. The molecule has 0 atom stereocenters. The van der Waals surface area contributed by atoms with E-state index >= 15 is 0 Å². The molecule has 0 aromatic heterocycles. The summed E-state index contributed by atoms with van der Waals surface area (Å²) in [5.41, 5.74) is 8.15. The van der Waals surface area contributed by atoms with Crippen LogP contribution in [0.15, 0.2) is 23.7 Å². The molecule has 52 valence electrons. The highest BCUT2D eigenvalue weighted by molar-refractivity contribution is 5.08. The molecule has 0 heterocycles. The van der Waals surface area contributed by atoms with E-state index < -0.39 is 0 Å². The van der Waals surface area contributed by atoms with Gasteiger partial charge in [-0.3, -0.25) is 0 Å². The highest BCUT2D eigenvalue weighted by Gasteiger charge is 1.88. The maximum atomic E-state index is 5.46. The molecular formula is C7H14N2. The Morgan fingerprint density at radius 3 is 1.89 bits per heavy atom. The maximum absolute atomic E-state index is 5.46. The Labute approximate surface area is 56.4 Å². The standard InChI is InChI=1S/C7H14N2/c1-5(2)9-7(4)6(3)8/h9H,1,8H2,2-4H3/b7-6-. The molecule has 0 saturated carbocycles. The third kappa shape index (κ3) is 3.64. The van der Waals surface area contributed by atoms with Crippen LogP contribution < -0.4 is 11.1 Å². The van der Waals surface area contributed by atoms with E-state index in [1.807, 2.05) is 20.8 Å². The van der Waals surface area contributed by atoms with Gasteiger partial charge in [-0.2, -0.15) is 0 Å². The molecule has 0 fully saturated rings. The summed E-state index contributed by atoms with van der Waals surface area (Å²) in [6.07, 6.45) is 0. The number of nitrogens with two attached hydrogens (primary N) is 1. The minimum absolute atomic E-state index is 0.804. The van der Waals surface area contributed by atoms with Crippen LogP contribution in [0.2, 0.25) is 0 Å². The molecule has 0 saturated heterocycles. The van der Waals surface area contributed by atoms with Gasteiger partial charge in [0.2, 0.25) is 0 Å². The van der Waals surface area contributed by atoms with Crippen LogP contribution in [-0.4, -0.2) is 0 Å². The average Bonchev–Trinajstić information content (AvgIpc) is 1.63. The van der Waals surface area contributed by atoms with Gasteiger partial charge in [0.05, 0.1) is 0 Å². The Morgan fingerprint density at radius 2 is 1.78 bits per heavy atom. The van der Waals surface area contributed by atoms with Crippen molar-refractivity contribution >= 4 is 0 Å². The summed E-state index contributed by atoms with van der Waals surface area (Å²) in [4.78, 5) is 0. The van der Waals surface area contributed by atoms with Crippen molar-refractivity contribution in [2.24, 2.45) is 5.73 Å². The van der Waals surface area contributed by atoms with E-state index in [4.69, 9.17) is 5.73 Å². The monoisotopic (exact) mass is 126 g/mol. The largest absolute Gasteiger partial charge is 0.401 e. The Hall–Kier alpha value is -0.920. The molecule has 0 aliphatic rings. The Morgan fingerprint density at radius 1 is 1.33 bits per heavy atom. The molecule has 2 heteroatoms. The van der Waals surface area contributed by atoms with Crippen molar-refractivity contribution in [1.29, 1.82) is 0 Å². The Bertz CT molecular complexity index is 141. The fourth-order valence-corrected chi connectivity index (χ4v) is 0.419. The molecule has 0 unspecified atom stereocenters. The fourth-order valence-electron chi connectivity index (χ4n) is 0.419. The van der Waals surface area contributed by atoms with E-state index in [0.29, 0.717) is 0 Å². The Kier molecular flexibility index (Phi) is 2.85. The fraction of sp³-hybridized carbons (Fsp3) is 0.429. The van der Waals surface area contributed by atoms with Crippen molar-refractivity contribution in [1.82, 2.24) is 5.32 Å². The van der Waals surface area contributed by atoms with Crippen LogP contribution in [0.3, 0.4) is 0 Å². The van der Waals surface area contributed by atoms with Crippen molar-refractivity contribution in [3.8, 4) is 0 Å². The summed E-state index contributed by atoms with van der Waals surface area (Å²) < 4.78 is 0. The van der Waals surface area contributed by atoms with Crippen LogP contribution in [0, 0.1) is 0 Å². The maximum Gasteiger partial charge on any atom is 0.0304 e. The summed E-state index contributed by atoms with van der Waals surface area (Å²) in [7, 11) is 0. The van der Waals surface area contributed by atoms with Gasteiger partial charge in [-0.1, -0.05) is 6.58 Å². The predicted octanol–water partition coefficient (Wildman–Crippen LogP) is 1.32. The van der Waals surface area contributed by atoms with Gasteiger partial charge in [0.1, 0.15) is 0 Å². The number of allylic oxidation sites excluding steroid dienone is 3. The van der Waals surface area contributed by atoms with E-state index in [1.165, 1.54) is 0 Å². The smallest absolute Gasteiger partial charge is 0.0304 e. The summed E-state index contributed by atoms with van der Waals surface area (Å²) in [6, 6.07) is 0. The number of rotatable bonds is 2. The number of hydrogen-bond donors (Lipinski definition) is 2. The van der Waals surface area contributed by atoms with Crippen LogP contribution in [0.1, 0.15) is 20.8 Å². The van der Waals surface area contributed by atoms with Crippen LogP contribution in [-0.2, 0) is 0 Å². The van der Waals surface area contributed by atoms with Gasteiger partial charge in [0.15, 0.2) is 0 Å². The van der Waals surface area contributed by atoms with Gasteiger partial charge in [0.25, 0.3) is 0 Å². The van der Waals surface area contributed by atoms with Crippen molar-refractivity contribution in [3.05, 3.63) is 23.7 Å². The minimum atomic E-state index is 0.804. The first kappa shape index (κ1) is 8.08. The van der Waals surface area contributed by atoms with E-state index in [0.717, 1.165) is 17.1 Å². The molecule has 0 aromatic carbocycles. The van der Waals surface area contributed by atoms with E-state index in [-0.39, 0.29) is 0 Å². The highest BCUT2D eigenvalue weighted by Crippen LogP contribution is 1.93. The first-order valence-electron chi connectivity index (χ1n) is 2.89. The lowest BCUT2D eigenvalue weighted by Crippen LogP contribution is -2.11. The van der Waals surface area contributed by atoms with Crippen molar-refractivity contribution < 1.29 is 0 Å². The molecule has 0 radical (unpaired) electrons. The highest BCUT2D eigenvalue weighted by atomic mass is 14.9. The molecule has 0 aliphatic heterocycles. The van der Waals surface area contributed by atoms with Gasteiger partial charge in [0, 0.05) is 17.1 Å². The third-order valence-corrected chi connectivity index (χ3v) is 0.992. The lowest BCUT2D eigenvalue weighted by Gasteiger charge is -2.05. The normalized spacial score (nSPS) is 12.3. The predicted molar refractivity (Wildman–Crippen MR) is 40.5 cm³/mol. The van der Waals surface area contributed by atoms with Crippen LogP contribution in [0.5, 0.6) is 0 Å².